The van der Waals surface area contributed by atoms with Crippen LogP contribution in [-0.4, -0.2) is 41.1 Å². The lowest BCUT2D eigenvalue weighted by Gasteiger charge is -2.31. The molecule has 10 nitrogen and oxygen atoms in total. The molecule has 10 heteroatoms. The fraction of sp³-hybridized carbons (Fsp3) is 0.542. The van der Waals surface area contributed by atoms with Crippen LogP contribution in [0.2, 0.25) is 0 Å². The first kappa shape index (κ1) is 22.5. The Hall–Kier alpha value is -3.27. The van der Waals surface area contributed by atoms with E-state index >= 15 is 0 Å². The molecule has 0 aromatic heterocycles. The number of nitrogens with one attached hydrogen (secondary N) is 2. The molecule has 180 valence electrons. The van der Waals surface area contributed by atoms with E-state index in [0.717, 1.165) is 0 Å². The van der Waals surface area contributed by atoms with Gasteiger partial charge in [0.05, 0.1) is 23.7 Å². The number of hydrogen-bond acceptors (Lipinski definition) is 9. The standard InChI is InChI=1S/C24H26N2O8/c27-19(11-1-7-15-17(9-11)23(31)33-21(15)29)25-13-3-5-14(6-4-13)26-20(28)12-2-8-16-18(10-12)24(32)34-22(16)30/h3-6,11-12,15-19,25,27H,1-2,7-10H2,(H,26,28). The van der Waals surface area contributed by atoms with Crippen LogP contribution >= 0.6 is 0 Å². The lowest BCUT2D eigenvalue weighted by atomic mass is 9.74. The molecule has 1 aromatic rings. The van der Waals surface area contributed by atoms with Crippen molar-refractivity contribution < 1.29 is 38.6 Å². The van der Waals surface area contributed by atoms with E-state index in [0.29, 0.717) is 49.9 Å². The number of aliphatic hydroxyl groups excluding tert-OH is 1. The van der Waals surface area contributed by atoms with Gasteiger partial charge < -0.3 is 25.2 Å². The number of ether oxygens (including phenoxy) is 2. The maximum atomic E-state index is 12.7. The molecule has 3 N–H and O–H groups in total. The van der Waals surface area contributed by atoms with Gasteiger partial charge in [0.25, 0.3) is 0 Å². The molecule has 34 heavy (non-hydrogen) atoms. The first-order chi connectivity index (χ1) is 16.3. The van der Waals surface area contributed by atoms with Gasteiger partial charge >= 0.3 is 23.9 Å². The summed E-state index contributed by atoms with van der Waals surface area (Å²) in [4.78, 5) is 59.7. The van der Waals surface area contributed by atoms with E-state index in [4.69, 9.17) is 9.47 Å². The Balaban J connectivity index is 1.13. The molecule has 2 saturated carbocycles. The summed E-state index contributed by atoms with van der Waals surface area (Å²) in [6.07, 6.45) is 1.89. The summed E-state index contributed by atoms with van der Waals surface area (Å²) < 4.78 is 9.42. The van der Waals surface area contributed by atoms with Gasteiger partial charge in [0.15, 0.2) is 0 Å². The molecule has 5 rings (SSSR count). The van der Waals surface area contributed by atoms with Gasteiger partial charge in [0.2, 0.25) is 5.91 Å². The normalized spacial score (nSPS) is 33.4. The maximum Gasteiger partial charge on any atom is 0.317 e. The first-order valence-electron chi connectivity index (χ1n) is 11.7. The number of carbonyl (C=O) groups excluding carboxylic acids is 5. The molecule has 0 spiro atoms. The molecule has 1 amide bonds. The van der Waals surface area contributed by atoms with Crippen molar-refractivity contribution in [3.63, 3.8) is 0 Å². The van der Waals surface area contributed by atoms with Crippen LogP contribution in [0.5, 0.6) is 0 Å². The largest absolute Gasteiger partial charge is 0.393 e. The van der Waals surface area contributed by atoms with Gasteiger partial charge in [-0.15, -0.1) is 0 Å². The summed E-state index contributed by atoms with van der Waals surface area (Å²) in [6, 6.07) is 6.86. The summed E-state index contributed by atoms with van der Waals surface area (Å²) in [5, 5.41) is 16.5. The van der Waals surface area contributed by atoms with Gasteiger partial charge in [0.1, 0.15) is 6.23 Å². The van der Waals surface area contributed by atoms with E-state index in [1.54, 1.807) is 24.3 Å². The third kappa shape index (κ3) is 4.18. The van der Waals surface area contributed by atoms with E-state index in [-0.39, 0.29) is 17.7 Å². The minimum Gasteiger partial charge on any atom is -0.393 e. The first-order valence-corrected chi connectivity index (χ1v) is 11.7. The number of anilines is 2. The van der Waals surface area contributed by atoms with Crippen molar-refractivity contribution in [1.29, 1.82) is 0 Å². The minimum absolute atomic E-state index is 0.191. The average molecular weight is 470 g/mol. The lowest BCUT2D eigenvalue weighted by Crippen LogP contribution is -2.36. The van der Waals surface area contributed by atoms with Crippen LogP contribution in [0.4, 0.5) is 11.4 Å². The van der Waals surface area contributed by atoms with Crippen molar-refractivity contribution in [1.82, 2.24) is 0 Å². The van der Waals surface area contributed by atoms with E-state index in [1.165, 1.54) is 0 Å². The predicted molar refractivity (Wildman–Crippen MR) is 116 cm³/mol. The summed E-state index contributed by atoms with van der Waals surface area (Å²) in [6.45, 7) is 0. The van der Waals surface area contributed by atoms with E-state index in [9.17, 15) is 29.1 Å². The second kappa shape index (κ2) is 8.83. The third-order valence-electron chi connectivity index (χ3n) is 7.64. The van der Waals surface area contributed by atoms with Crippen molar-refractivity contribution in [3.05, 3.63) is 24.3 Å². The smallest absolute Gasteiger partial charge is 0.317 e. The Morgan fingerprint density at radius 2 is 1.29 bits per heavy atom. The third-order valence-corrected chi connectivity index (χ3v) is 7.64. The van der Waals surface area contributed by atoms with Crippen LogP contribution in [0.15, 0.2) is 24.3 Å². The predicted octanol–water partition coefficient (Wildman–Crippen LogP) is 1.59. The molecule has 0 radical (unpaired) electrons. The highest BCUT2D eigenvalue weighted by Crippen LogP contribution is 2.41. The Labute approximate surface area is 195 Å². The molecule has 2 aliphatic carbocycles. The Bertz CT molecular complexity index is 1040. The molecule has 7 unspecified atom stereocenters. The molecule has 4 aliphatic rings. The molecule has 1 aromatic carbocycles. The van der Waals surface area contributed by atoms with Crippen LogP contribution < -0.4 is 10.6 Å². The van der Waals surface area contributed by atoms with E-state index in [1.807, 2.05) is 0 Å². The molecule has 0 bridgehead atoms. The number of amides is 1. The zero-order chi connectivity index (χ0) is 24.0. The maximum absolute atomic E-state index is 12.7. The van der Waals surface area contributed by atoms with Crippen LogP contribution in [0.25, 0.3) is 0 Å². The van der Waals surface area contributed by atoms with Crippen molar-refractivity contribution >= 4 is 41.2 Å². The highest BCUT2D eigenvalue weighted by atomic mass is 16.6. The van der Waals surface area contributed by atoms with E-state index in [2.05, 4.69) is 10.6 Å². The van der Waals surface area contributed by atoms with E-state index < -0.39 is 53.8 Å². The lowest BCUT2D eigenvalue weighted by molar-refractivity contribution is -0.155. The summed E-state index contributed by atoms with van der Waals surface area (Å²) in [7, 11) is 0. The average Bonchev–Trinajstić information content (AvgIpc) is 3.28. The zero-order valence-corrected chi connectivity index (χ0v) is 18.4. The second-order valence-corrected chi connectivity index (χ2v) is 9.65. The SMILES string of the molecule is O=C(Nc1ccc(NC(O)C2CCC3C(=O)OC(=O)C3C2)cc1)C1CCC2C(=O)OC(=O)C2C1. The van der Waals surface area contributed by atoms with Crippen molar-refractivity contribution in [3.8, 4) is 0 Å². The van der Waals surface area contributed by atoms with Gasteiger partial charge in [-0.1, -0.05) is 0 Å². The Kier molecular flexibility index (Phi) is 5.85. The Morgan fingerprint density at radius 1 is 0.765 bits per heavy atom. The highest BCUT2D eigenvalue weighted by Gasteiger charge is 2.49. The van der Waals surface area contributed by atoms with Crippen LogP contribution in [0, 0.1) is 35.5 Å². The monoisotopic (exact) mass is 470 g/mol. The minimum atomic E-state index is -0.894. The molecule has 7 atom stereocenters. The molecule has 2 aliphatic heterocycles. The summed E-state index contributed by atoms with van der Waals surface area (Å²) >= 11 is 0. The van der Waals surface area contributed by atoms with Crippen molar-refractivity contribution in [2.75, 3.05) is 10.6 Å². The van der Waals surface area contributed by atoms with Crippen molar-refractivity contribution in [2.24, 2.45) is 35.5 Å². The number of esters is 4. The topological polar surface area (TPSA) is 148 Å². The molecule has 4 fully saturated rings. The number of hydrogen-bond donors (Lipinski definition) is 3. The quantitative estimate of drug-likeness (QED) is 0.331. The fourth-order valence-corrected chi connectivity index (χ4v) is 5.67. The summed E-state index contributed by atoms with van der Waals surface area (Å²) in [5.74, 6) is -4.60. The number of carbonyl (C=O) groups is 5. The van der Waals surface area contributed by atoms with Gasteiger partial charge in [-0.05, 0) is 62.8 Å². The number of benzene rings is 1. The van der Waals surface area contributed by atoms with Crippen LogP contribution in [-0.2, 0) is 33.4 Å². The highest BCUT2D eigenvalue weighted by molar-refractivity contribution is 5.98. The number of cyclic esters (lactones) is 4. The second-order valence-electron chi connectivity index (χ2n) is 9.65. The molecule has 2 saturated heterocycles. The van der Waals surface area contributed by atoms with Crippen molar-refractivity contribution in [2.45, 2.75) is 44.8 Å². The molecule has 2 heterocycles. The number of rotatable bonds is 5. The number of fused-ring (bicyclic) bond motifs is 2. The Morgan fingerprint density at radius 3 is 1.94 bits per heavy atom. The fourth-order valence-electron chi connectivity index (χ4n) is 5.67. The van der Waals surface area contributed by atoms with Gasteiger partial charge in [-0.2, -0.15) is 0 Å². The van der Waals surface area contributed by atoms with Gasteiger partial charge in [0, 0.05) is 23.2 Å². The van der Waals surface area contributed by atoms with Gasteiger partial charge in [-0.3, -0.25) is 24.0 Å². The zero-order valence-electron chi connectivity index (χ0n) is 18.4. The van der Waals surface area contributed by atoms with Crippen LogP contribution in [0.1, 0.15) is 38.5 Å². The summed E-state index contributed by atoms with van der Waals surface area (Å²) in [5.41, 5.74) is 1.22. The van der Waals surface area contributed by atoms with Gasteiger partial charge in [-0.25, -0.2) is 0 Å². The number of aliphatic hydroxyl groups is 1. The molecular weight excluding hydrogens is 444 g/mol. The molecular formula is C24H26N2O8. The van der Waals surface area contributed by atoms with Crippen LogP contribution in [0.3, 0.4) is 0 Å².